The van der Waals surface area contributed by atoms with Crippen molar-refractivity contribution in [1.29, 1.82) is 0 Å². The van der Waals surface area contributed by atoms with Crippen molar-refractivity contribution in [3.63, 3.8) is 0 Å². The van der Waals surface area contributed by atoms with Gasteiger partial charge in [0.25, 0.3) is 0 Å². The third-order valence-electron chi connectivity index (χ3n) is 4.80. The van der Waals surface area contributed by atoms with Crippen molar-refractivity contribution in [2.45, 2.75) is 13.3 Å². The molecule has 1 aromatic heterocycles. The molecule has 8 nitrogen and oxygen atoms in total. The van der Waals surface area contributed by atoms with Gasteiger partial charge in [0.2, 0.25) is 17.7 Å². The highest BCUT2D eigenvalue weighted by Gasteiger charge is 2.35. The van der Waals surface area contributed by atoms with Crippen LogP contribution in [0, 0.1) is 5.92 Å². The van der Waals surface area contributed by atoms with E-state index in [2.05, 4.69) is 15.6 Å². The largest absolute Gasteiger partial charge is 0.497 e. The van der Waals surface area contributed by atoms with Gasteiger partial charge in [0.15, 0.2) is 5.13 Å². The summed E-state index contributed by atoms with van der Waals surface area (Å²) in [7, 11) is 1.60. The number of carbonyl (C=O) groups is 3. The highest BCUT2D eigenvalue weighted by molar-refractivity contribution is 7.22. The second-order valence-corrected chi connectivity index (χ2v) is 8.01. The monoisotopic (exact) mass is 424 g/mol. The minimum Gasteiger partial charge on any atom is -0.497 e. The van der Waals surface area contributed by atoms with Crippen LogP contribution in [0.25, 0.3) is 10.2 Å². The van der Waals surface area contributed by atoms with E-state index in [4.69, 9.17) is 4.74 Å². The van der Waals surface area contributed by atoms with E-state index in [-0.39, 0.29) is 30.7 Å². The summed E-state index contributed by atoms with van der Waals surface area (Å²) in [5, 5.41) is 6.02. The van der Waals surface area contributed by atoms with Gasteiger partial charge in [-0.3, -0.25) is 14.4 Å². The van der Waals surface area contributed by atoms with E-state index in [0.717, 1.165) is 16.0 Å². The van der Waals surface area contributed by atoms with E-state index in [1.165, 1.54) is 18.3 Å². The molecule has 1 aliphatic heterocycles. The lowest BCUT2D eigenvalue weighted by Crippen LogP contribution is -2.28. The van der Waals surface area contributed by atoms with Gasteiger partial charge in [-0.2, -0.15) is 0 Å². The van der Waals surface area contributed by atoms with Crippen molar-refractivity contribution in [3.05, 3.63) is 42.5 Å². The Morgan fingerprint density at radius 2 is 2.03 bits per heavy atom. The minimum absolute atomic E-state index is 0.120. The minimum atomic E-state index is -0.483. The van der Waals surface area contributed by atoms with Gasteiger partial charge in [0, 0.05) is 31.3 Å². The zero-order valence-electron chi connectivity index (χ0n) is 16.5. The SMILES string of the molecule is COc1ccc2nc(NC(=O)[C@H]3CC(=O)N(c4cccc(NC(C)=O)c4)C3)sc2c1. The summed E-state index contributed by atoms with van der Waals surface area (Å²) in [6.45, 7) is 1.69. The number of nitrogens with one attached hydrogen (secondary N) is 2. The van der Waals surface area contributed by atoms with Crippen LogP contribution in [0.5, 0.6) is 5.75 Å². The summed E-state index contributed by atoms with van der Waals surface area (Å²) in [5.41, 5.74) is 2.02. The van der Waals surface area contributed by atoms with Crippen LogP contribution >= 0.6 is 11.3 Å². The van der Waals surface area contributed by atoms with Gasteiger partial charge >= 0.3 is 0 Å². The molecule has 2 heterocycles. The van der Waals surface area contributed by atoms with Crippen LogP contribution in [0.3, 0.4) is 0 Å². The molecule has 1 saturated heterocycles. The van der Waals surface area contributed by atoms with Crippen LogP contribution in [-0.4, -0.2) is 36.4 Å². The normalized spacial score (nSPS) is 16.0. The van der Waals surface area contributed by atoms with Gasteiger partial charge in [-0.25, -0.2) is 4.98 Å². The number of anilines is 3. The lowest BCUT2D eigenvalue weighted by molar-refractivity contribution is -0.122. The molecule has 3 aromatic rings. The molecule has 2 aromatic carbocycles. The first-order chi connectivity index (χ1) is 14.4. The lowest BCUT2D eigenvalue weighted by Gasteiger charge is -2.17. The van der Waals surface area contributed by atoms with Crippen LogP contribution < -0.4 is 20.3 Å². The molecule has 0 bridgehead atoms. The smallest absolute Gasteiger partial charge is 0.231 e. The number of amides is 3. The summed E-state index contributed by atoms with van der Waals surface area (Å²) in [4.78, 5) is 42.5. The van der Waals surface area contributed by atoms with Crippen LogP contribution in [0.2, 0.25) is 0 Å². The third kappa shape index (κ3) is 4.11. The number of carbonyl (C=O) groups excluding carboxylic acids is 3. The number of fused-ring (bicyclic) bond motifs is 1. The van der Waals surface area contributed by atoms with Crippen molar-refractivity contribution < 1.29 is 19.1 Å². The fourth-order valence-electron chi connectivity index (χ4n) is 3.38. The number of benzene rings is 2. The standard InChI is InChI=1S/C21H20N4O4S/c1-12(26)22-14-4-3-5-15(9-14)25-11-13(8-19(25)27)20(28)24-21-23-17-7-6-16(29-2)10-18(17)30-21/h3-7,9-10,13H,8,11H2,1-2H3,(H,22,26)(H,23,24,28)/t13-/m0/s1. The number of ether oxygens (including phenoxy) is 1. The maximum Gasteiger partial charge on any atom is 0.231 e. The number of methoxy groups -OCH3 is 1. The van der Waals surface area contributed by atoms with Crippen molar-refractivity contribution in [2.24, 2.45) is 5.92 Å². The quantitative estimate of drug-likeness (QED) is 0.655. The predicted molar refractivity (Wildman–Crippen MR) is 116 cm³/mol. The van der Waals surface area contributed by atoms with E-state index in [1.807, 2.05) is 18.2 Å². The Bertz CT molecular complexity index is 1140. The average molecular weight is 424 g/mol. The molecule has 4 rings (SSSR count). The molecular formula is C21H20N4O4S. The van der Waals surface area contributed by atoms with E-state index in [9.17, 15) is 14.4 Å². The summed E-state index contributed by atoms with van der Waals surface area (Å²) < 4.78 is 6.12. The summed E-state index contributed by atoms with van der Waals surface area (Å²) in [5.74, 6) is -0.323. The Labute approximate surface area is 176 Å². The summed E-state index contributed by atoms with van der Waals surface area (Å²) in [6.07, 6.45) is 0.120. The first kappa shape index (κ1) is 19.8. The van der Waals surface area contributed by atoms with Gasteiger partial charge in [-0.05, 0) is 36.4 Å². The number of rotatable bonds is 5. The zero-order chi connectivity index (χ0) is 21.3. The van der Waals surface area contributed by atoms with Gasteiger partial charge in [-0.15, -0.1) is 0 Å². The molecule has 0 saturated carbocycles. The molecule has 0 spiro atoms. The topological polar surface area (TPSA) is 101 Å². The van der Waals surface area contributed by atoms with Crippen LogP contribution in [0.1, 0.15) is 13.3 Å². The second-order valence-electron chi connectivity index (χ2n) is 6.98. The fourth-order valence-corrected chi connectivity index (χ4v) is 4.28. The maximum atomic E-state index is 12.7. The highest BCUT2D eigenvalue weighted by Crippen LogP contribution is 2.31. The Morgan fingerprint density at radius 3 is 2.80 bits per heavy atom. The first-order valence-corrected chi connectivity index (χ1v) is 10.2. The molecule has 0 radical (unpaired) electrons. The molecular weight excluding hydrogens is 404 g/mol. The average Bonchev–Trinajstić information content (AvgIpc) is 3.29. The molecule has 1 aliphatic rings. The Morgan fingerprint density at radius 1 is 1.20 bits per heavy atom. The van der Waals surface area contributed by atoms with Crippen molar-refractivity contribution >= 4 is 55.8 Å². The van der Waals surface area contributed by atoms with Crippen LogP contribution in [-0.2, 0) is 14.4 Å². The number of aromatic nitrogens is 1. The number of hydrogen-bond acceptors (Lipinski definition) is 6. The Hall–Kier alpha value is -3.46. The van der Waals surface area contributed by atoms with Crippen LogP contribution in [0.15, 0.2) is 42.5 Å². The Balaban J connectivity index is 1.46. The van der Waals surface area contributed by atoms with Crippen molar-refractivity contribution in [3.8, 4) is 5.75 Å². The lowest BCUT2D eigenvalue weighted by atomic mass is 10.1. The third-order valence-corrected chi connectivity index (χ3v) is 5.73. The Kier molecular flexibility index (Phi) is 5.37. The van der Waals surface area contributed by atoms with Gasteiger partial charge in [-0.1, -0.05) is 17.4 Å². The van der Waals surface area contributed by atoms with E-state index in [0.29, 0.717) is 16.5 Å². The number of hydrogen-bond donors (Lipinski definition) is 2. The second kappa shape index (κ2) is 8.11. The molecule has 3 amide bonds. The highest BCUT2D eigenvalue weighted by atomic mass is 32.1. The molecule has 1 atom stereocenters. The molecule has 1 fully saturated rings. The maximum absolute atomic E-state index is 12.7. The predicted octanol–water partition coefficient (Wildman–Crippen LogP) is 3.25. The van der Waals surface area contributed by atoms with E-state index >= 15 is 0 Å². The summed E-state index contributed by atoms with van der Waals surface area (Å²) >= 11 is 1.36. The first-order valence-electron chi connectivity index (χ1n) is 9.36. The molecule has 0 unspecified atom stereocenters. The van der Waals surface area contributed by atoms with E-state index in [1.54, 1.807) is 36.3 Å². The molecule has 30 heavy (non-hydrogen) atoms. The molecule has 0 aliphatic carbocycles. The van der Waals surface area contributed by atoms with Crippen molar-refractivity contribution in [2.75, 3.05) is 29.2 Å². The van der Waals surface area contributed by atoms with Gasteiger partial charge < -0.3 is 20.3 Å². The number of nitrogens with zero attached hydrogens (tertiary/aromatic N) is 2. The zero-order valence-corrected chi connectivity index (χ0v) is 17.3. The van der Waals surface area contributed by atoms with Gasteiger partial charge in [0.1, 0.15) is 5.75 Å². The van der Waals surface area contributed by atoms with Crippen LogP contribution in [0.4, 0.5) is 16.5 Å². The van der Waals surface area contributed by atoms with Crippen molar-refractivity contribution in [1.82, 2.24) is 4.98 Å². The number of thiazole rings is 1. The molecule has 154 valence electrons. The molecule has 9 heteroatoms. The van der Waals surface area contributed by atoms with E-state index < -0.39 is 5.92 Å². The molecule has 2 N–H and O–H groups in total. The van der Waals surface area contributed by atoms with Gasteiger partial charge in [0.05, 0.1) is 23.2 Å². The fraction of sp³-hybridized carbons (Fsp3) is 0.238. The summed E-state index contributed by atoms with van der Waals surface area (Å²) in [6, 6.07) is 12.5.